The topological polar surface area (TPSA) is 43.4 Å². The second-order valence-electron chi connectivity index (χ2n) is 5.64. The third-order valence-corrected chi connectivity index (χ3v) is 4.22. The second-order valence-corrected chi connectivity index (χ2v) is 5.64. The lowest BCUT2D eigenvalue weighted by atomic mass is 9.67. The van der Waals surface area contributed by atoms with Gasteiger partial charge >= 0.3 is 0 Å². The van der Waals surface area contributed by atoms with E-state index in [1.54, 1.807) is 14.0 Å². The molecule has 0 N–H and O–H groups in total. The van der Waals surface area contributed by atoms with E-state index in [4.69, 9.17) is 4.74 Å². The molecule has 98 valence electrons. The summed E-state index contributed by atoms with van der Waals surface area (Å²) < 4.78 is 5.41. The van der Waals surface area contributed by atoms with E-state index in [9.17, 15) is 9.59 Å². The van der Waals surface area contributed by atoms with Crippen molar-refractivity contribution in [1.82, 2.24) is 0 Å². The van der Waals surface area contributed by atoms with Gasteiger partial charge in [0.25, 0.3) is 0 Å². The smallest absolute Gasteiger partial charge is 0.158 e. The molecule has 0 aliphatic heterocycles. The summed E-state index contributed by atoms with van der Waals surface area (Å²) in [6, 6.07) is 0. The number of ether oxygens (including phenoxy) is 1. The van der Waals surface area contributed by atoms with Gasteiger partial charge in [0, 0.05) is 30.9 Å². The summed E-state index contributed by atoms with van der Waals surface area (Å²) in [5.41, 5.74) is 2.64. The van der Waals surface area contributed by atoms with Crippen LogP contribution in [0.25, 0.3) is 0 Å². The molecule has 1 atom stereocenters. The quantitative estimate of drug-likeness (QED) is 0.754. The molecule has 0 saturated carbocycles. The maximum atomic E-state index is 12.0. The maximum absolute atomic E-state index is 12.0. The van der Waals surface area contributed by atoms with Crippen LogP contribution >= 0.6 is 0 Å². The van der Waals surface area contributed by atoms with Gasteiger partial charge in [-0.25, -0.2) is 0 Å². The molecule has 2 aliphatic carbocycles. The third kappa shape index (κ3) is 1.97. The lowest BCUT2D eigenvalue weighted by Crippen LogP contribution is -2.36. The van der Waals surface area contributed by atoms with Crippen molar-refractivity contribution >= 4 is 11.6 Å². The lowest BCUT2D eigenvalue weighted by Gasteiger charge is -2.38. The van der Waals surface area contributed by atoms with Gasteiger partial charge in [-0.2, -0.15) is 0 Å². The fourth-order valence-corrected chi connectivity index (χ4v) is 2.94. The summed E-state index contributed by atoms with van der Waals surface area (Å²) in [6.45, 7) is 5.52. The number of carbonyl (C=O) groups excluding carboxylic acids is 2. The van der Waals surface area contributed by atoms with Crippen LogP contribution in [0.2, 0.25) is 0 Å². The summed E-state index contributed by atoms with van der Waals surface area (Å²) in [4.78, 5) is 23.6. The number of Topliss-reactive ketones (excluding diaryl/α,β-unsaturated/α-hetero) is 2. The first-order valence-corrected chi connectivity index (χ1v) is 6.39. The van der Waals surface area contributed by atoms with Crippen LogP contribution in [0, 0.1) is 5.41 Å². The Bertz CT molecular complexity index is 466. The Balaban J connectivity index is 2.48. The average Bonchev–Trinajstić information content (AvgIpc) is 2.33. The first kappa shape index (κ1) is 13.2. The molecule has 0 radical (unpaired) electrons. The van der Waals surface area contributed by atoms with Crippen molar-refractivity contribution in [2.24, 2.45) is 5.41 Å². The highest BCUT2D eigenvalue weighted by molar-refractivity contribution is 5.96. The normalized spacial score (nSPS) is 26.8. The summed E-state index contributed by atoms with van der Waals surface area (Å²) in [7, 11) is 1.62. The molecule has 0 aromatic carbocycles. The third-order valence-electron chi connectivity index (χ3n) is 4.22. The van der Waals surface area contributed by atoms with Gasteiger partial charge < -0.3 is 4.74 Å². The molecule has 0 fully saturated rings. The van der Waals surface area contributed by atoms with E-state index in [1.165, 1.54) is 0 Å². The van der Waals surface area contributed by atoms with E-state index in [1.807, 2.05) is 19.9 Å². The number of carbonyl (C=O) groups is 2. The molecule has 18 heavy (non-hydrogen) atoms. The predicted molar refractivity (Wildman–Crippen MR) is 69.2 cm³/mol. The fraction of sp³-hybridized carbons (Fsp3) is 0.600. The molecule has 0 spiro atoms. The molecule has 0 amide bonds. The van der Waals surface area contributed by atoms with Crippen molar-refractivity contribution in [3.63, 3.8) is 0 Å². The molecular weight excluding hydrogens is 228 g/mol. The van der Waals surface area contributed by atoms with Gasteiger partial charge in [-0.1, -0.05) is 5.57 Å². The molecule has 1 unspecified atom stereocenters. The lowest BCUT2D eigenvalue weighted by molar-refractivity contribution is -0.126. The van der Waals surface area contributed by atoms with E-state index in [2.05, 4.69) is 0 Å². The number of methoxy groups -OCH3 is 1. The number of ketones is 2. The molecule has 0 aromatic heterocycles. The van der Waals surface area contributed by atoms with E-state index < -0.39 is 5.41 Å². The fourth-order valence-electron chi connectivity index (χ4n) is 2.94. The Morgan fingerprint density at radius 3 is 2.61 bits per heavy atom. The minimum atomic E-state index is -0.414. The van der Waals surface area contributed by atoms with Gasteiger partial charge in [0.1, 0.15) is 5.78 Å². The molecule has 0 aromatic rings. The zero-order chi connectivity index (χ0) is 13.5. The molecule has 0 saturated heterocycles. The van der Waals surface area contributed by atoms with Crippen molar-refractivity contribution in [3.05, 3.63) is 22.8 Å². The molecule has 3 nitrogen and oxygen atoms in total. The summed E-state index contributed by atoms with van der Waals surface area (Å²) in [5, 5.41) is 0. The van der Waals surface area contributed by atoms with Gasteiger partial charge in [-0.15, -0.1) is 0 Å². The van der Waals surface area contributed by atoms with Crippen molar-refractivity contribution in [2.45, 2.75) is 46.1 Å². The largest absolute Gasteiger partial charge is 0.376 e. The Morgan fingerprint density at radius 2 is 2.06 bits per heavy atom. The van der Waals surface area contributed by atoms with Crippen LogP contribution in [0.15, 0.2) is 22.8 Å². The molecule has 0 bridgehead atoms. The molecule has 3 heteroatoms. The van der Waals surface area contributed by atoms with Gasteiger partial charge in [0.05, 0.1) is 6.10 Å². The monoisotopic (exact) mass is 248 g/mol. The summed E-state index contributed by atoms with van der Waals surface area (Å²) in [5.74, 6) is 0.346. The predicted octanol–water partition coefficient (Wildman–Crippen LogP) is 2.61. The van der Waals surface area contributed by atoms with Crippen LogP contribution in [0.1, 0.15) is 40.0 Å². The Kier molecular flexibility index (Phi) is 3.28. The number of allylic oxidation sites excluding steroid dienone is 2. The zero-order valence-corrected chi connectivity index (χ0v) is 11.5. The van der Waals surface area contributed by atoms with E-state index >= 15 is 0 Å². The number of rotatable bonds is 2. The van der Waals surface area contributed by atoms with Crippen LogP contribution in [0.3, 0.4) is 0 Å². The highest BCUT2D eigenvalue weighted by Crippen LogP contribution is 2.44. The Hall–Kier alpha value is -1.22. The van der Waals surface area contributed by atoms with Crippen LogP contribution in [-0.2, 0) is 14.3 Å². The van der Waals surface area contributed by atoms with Gasteiger partial charge in [0.15, 0.2) is 5.78 Å². The number of hydrogen-bond acceptors (Lipinski definition) is 3. The summed E-state index contributed by atoms with van der Waals surface area (Å²) in [6.07, 6.45) is 3.74. The number of hydrogen-bond donors (Lipinski definition) is 0. The highest BCUT2D eigenvalue weighted by atomic mass is 16.5. The van der Waals surface area contributed by atoms with E-state index in [0.717, 1.165) is 23.1 Å². The molecule has 2 rings (SSSR count). The van der Waals surface area contributed by atoms with E-state index in [0.29, 0.717) is 12.8 Å². The van der Waals surface area contributed by atoms with Gasteiger partial charge in [-0.3, -0.25) is 9.59 Å². The Labute approximate surface area is 108 Å². The van der Waals surface area contributed by atoms with Crippen LogP contribution in [-0.4, -0.2) is 24.8 Å². The first-order valence-electron chi connectivity index (χ1n) is 6.39. The minimum Gasteiger partial charge on any atom is -0.376 e. The first-order chi connectivity index (χ1) is 8.37. The van der Waals surface area contributed by atoms with Crippen LogP contribution in [0.5, 0.6) is 0 Å². The average molecular weight is 248 g/mol. The highest BCUT2D eigenvalue weighted by Gasteiger charge is 2.40. The second kappa shape index (κ2) is 4.47. The van der Waals surface area contributed by atoms with Crippen LogP contribution < -0.4 is 0 Å². The molecule has 2 aliphatic rings. The Morgan fingerprint density at radius 1 is 1.39 bits per heavy atom. The SMILES string of the molecule is COC1CC2=C(C=C1C(C)=O)CCC(=O)C2(C)C. The van der Waals surface area contributed by atoms with Crippen molar-refractivity contribution in [2.75, 3.05) is 7.11 Å². The standard InChI is InChI=1S/C15H20O3/c1-9(16)11-7-10-5-6-14(17)15(2,3)12(10)8-13(11)18-4/h7,13H,5-6,8H2,1-4H3. The maximum Gasteiger partial charge on any atom is 0.158 e. The van der Waals surface area contributed by atoms with Crippen molar-refractivity contribution < 1.29 is 14.3 Å². The van der Waals surface area contributed by atoms with Gasteiger partial charge in [-0.05, 0) is 38.8 Å². The van der Waals surface area contributed by atoms with Gasteiger partial charge in [0.2, 0.25) is 0 Å². The molecular formula is C15H20O3. The van der Waals surface area contributed by atoms with Crippen molar-refractivity contribution in [1.29, 1.82) is 0 Å². The minimum absolute atomic E-state index is 0.0584. The summed E-state index contributed by atoms with van der Waals surface area (Å²) >= 11 is 0. The molecule has 0 heterocycles. The van der Waals surface area contributed by atoms with Crippen molar-refractivity contribution in [3.8, 4) is 0 Å². The van der Waals surface area contributed by atoms with Crippen LogP contribution in [0.4, 0.5) is 0 Å². The zero-order valence-electron chi connectivity index (χ0n) is 11.5. The van der Waals surface area contributed by atoms with E-state index in [-0.39, 0.29) is 17.7 Å².